The number of ether oxygens (including phenoxy) is 1. The van der Waals surface area contributed by atoms with Gasteiger partial charge in [-0.2, -0.15) is 5.10 Å². The fourth-order valence-corrected chi connectivity index (χ4v) is 3.04. The standard InChI is InChI=1S/C17H22N4O4/c1-17(2)10-13(22)9-14(25-17)16(24)21-6-4-20(5-7-21)12-8-15(23)19(3)18-11-12/h8-9,11H,4-7,10H2,1-3H3. The summed E-state index contributed by atoms with van der Waals surface area (Å²) in [7, 11) is 1.60. The summed E-state index contributed by atoms with van der Waals surface area (Å²) < 4.78 is 6.95. The molecule has 134 valence electrons. The summed E-state index contributed by atoms with van der Waals surface area (Å²) >= 11 is 0. The second-order valence-electron chi connectivity index (χ2n) is 6.97. The minimum Gasteiger partial charge on any atom is -0.481 e. The Morgan fingerprint density at radius 3 is 2.48 bits per heavy atom. The maximum atomic E-state index is 12.6. The molecule has 0 N–H and O–H groups in total. The monoisotopic (exact) mass is 346 g/mol. The van der Waals surface area contributed by atoms with Crippen LogP contribution in [0.1, 0.15) is 20.3 Å². The van der Waals surface area contributed by atoms with E-state index in [-0.39, 0.29) is 29.4 Å². The zero-order valence-corrected chi connectivity index (χ0v) is 14.7. The van der Waals surface area contributed by atoms with Gasteiger partial charge in [0.05, 0.1) is 11.9 Å². The van der Waals surface area contributed by atoms with Crippen molar-refractivity contribution in [1.82, 2.24) is 14.7 Å². The lowest BCUT2D eigenvalue weighted by Crippen LogP contribution is -2.50. The molecule has 1 fully saturated rings. The van der Waals surface area contributed by atoms with Gasteiger partial charge in [-0.1, -0.05) is 0 Å². The van der Waals surface area contributed by atoms with E-state index in [4.69, 9.17) is 4.74 Å². The number of rotatable bonds is 2. The number of aromatic nitrogens is 2. The van der Waals surface area contributed by atoms with Crippen LogP contribution in [0.25, 0.3) is 0 Å². The van der Waals surface area contributed by atoms with E-state index in [0.29, 0.717) is 26.2 Å². The lowest BCUT2D eigenvalue weighted by molar-refractivity contribution is -0.138. The number of hydrogen-bond donors (Lipinski definition) is 0. The van der Waals surface area contributed by atoms with Crippen molar-refractivity contribution in [3.05, 3.63) is 34.5 Å². The predicted octanol–water partition coefficient (Wildman–Crippen LogP) is 0.0808. The summed E-state index contributed by atoms with van der Waals surface area (Å²) in [5.41, 5.74) is -0.0776. The zero-order chi connectivity index (χ0) is 18.2. The van der Waals surface area contributed by atoms with Crippen LogP contribution in [0.4, 0.5) is 5.69 Å². The molecule has 0 spiro atoms. The molecule has 0 bridgehead atoms. The normalized spacial score (nSPS) is 20.1. The highest BCUT2D eigenvalue weighted by Gasteiger charge is 2.34. The van der Waals surface area contributed by atoms with E-state index in [1.54, 1.807) is 38.1 Å². The van der Waals surface area contributed by atoms with Crippen molar-refractivity contribution in [2.24, 2.45) is 7.05 Å². The van der Waals surface area contributed by atoms with Crippen molar-refractivity contribution < 1.29 is 14.3 Å². The van der Waals surface area contributed by atoms with Crippen LogP contribution in [0.3, 0.4) is 0 Å². The molecule has 25 heavy (non-hydrogen) atoms. The van der Waals surface area contributed by atoms with E-state index in [9.17, 15) is 14.4 Å². The Kier molecular flexibility index (Phi) is 4.36. The molecular formula is C17H22N4O4. The van der Waals surface area contributed by atoms with Gasteiger partial charge < -0.3 is 14.5 Å². The number of amides is 1. The smallest absolute Gasteiger partial charge is 0.289 e. The molecule has 3 heterocycles. The number of carbonyl (C=O) groups is 2. The third-order valence-corrected chi connectivity index (χ3v) is 4.37. The van der Waals surface area contributed by atoms with E-state index < -0.39 is 5.60 Å². The first-order valence-electron chi connectivity index (χ1n) is 8.26. The summed E-state index contributed by atoms with van der Waals surface area (Å²) in [6.45, 7) is 5.75. The second kappa shape index (κ2) is 6.34. The molecule has 8 heteroatoms. The Morgan fingerprint density at radius 2 is 1.88 bits per heavy atom. The summed E-state index contributed by atoms with van der Waals surface area (Å²) in [6.07, 6.45) is 3.21. The molecule has 2 aliphatic heterocycles. The molecule has 1 aromatic rings. The number of allylic oxidation sites excluding steroid dienone is 1. The summed E-state index contributed by atoms with van der Waals surface area (Å²) in [5.74, 6) is -0.239. The molecule has 3 rings (SSSR count). The van der Waals surface area contributed by atoms with Gasteiger partial charge in [0.15, 0.2) is 11.5 Å². The van der Waals surface area contributed by atoms with Crippen LogP contribution < -0.4 is 10.5 Å². The minimum atomic E-state index is -0.658. The van der Waals surface area contributed by atoms with E-state index in [2.05, 4.69) is 5.10 Å². The molecule has 0 aliphatic carbocycles. The number of ketones is 1. The first-order chi connectivity index (χ1) is 11.7. The third kappa shape index (κ3) is 3.72. The van der Waals surface area contributed by atoms with Crippen LogP contribution in [0.5, 0.6) is 0 Å². The molecule has 1 saturated heterocycles. The first kappa shape index (κ1) is 17.2. The van der Waals surface area contributed by atoms with E-state index >= 15 is 0 Å². The maximum Gasteiger partial charge on any atom is 0.289 e. The second-order valence-corrected chi connectivity index (χ2v) is 6.97. The van der Waals surface area contributed by atoms with E-state index in [1.807, 2.05) is 4.90 Å². The van der Waals surface area contributed by atoms with Crippen molar-refractivity contribution in [1.29, 1.82) is 0 Å². The van der Waals surface area contributed by atoms with Crippen molar-refractivity contribution in [3.8, 4) is 0 Å². The minimum absolute atomic E-state index is 0.0931. The molecule has 2 aliphatic rings. The Hall–Kier alpha value is -2.64. The number of nitrogens with zero attached hydrogens (tertiary/aromatic N) is 4. The van der Waals surface area contributed by atoms with Crippen LogP contribution in [0, 0.1) is 0 Å². The highest BCUT2D eigenvalue weighted by molar-refractivity contribution is 6.01. The van der Waals surface area contributed by atoms with Gasteiger partial charge in [-0.15, -0.1) is 0 Å². The van der Waals surface area contributed by atoms with Crippen molar-refractivity contribution >= 4 is 17.4 Å². The van der Waals surface area contributed by atoms with Crippen LogP contribution in [0.2, 0.25) is 0 Å². The Morgan fingerprint density at radius 1 is 1.20 bits per heavy atom. The van der Waals surface area contributed by atoms with Gasteiger partial charge in [0.1, 0.15) is 5.60 Å². The first-order valence-corrected chi connectivity index (χ1v) is 8.26. The topological polar surface area (TPSA) is 84.7 Å². The van der Waals surface area contributed by atoms with E-state index in [1.165, 1.54) is 10.8 Å². The number of aryl methyl sites for hydroxylation is 1. The lowest BCUT2D eigenvalue weighted by atomic mass is 9.98. The van der Waals surface area contributed by atoms with Crippen LogP contribution in [0.15, 0.2) is 28.9 Å². The average molecular weight is 346 g/mol. The molecule has 0 unspecified atom stereocenters. The summed E-state index contributed by atoms with van der Waals surface area (Å²) in [6, 6.07) is 1.54. The quantitative estimate of drug-likeness (QED) is 0.754. The Bertz CT molecular complexity index is 788. The van der Waals surface area contributed by atoms with Gasteiger partial charge in [-0.05, 0) is 13.8 Å². The zero-order valence-electron chi connectivity index (χ0n) is 14.7. The van der Waals surface area contributed by atoms with Crippen LogP contribution >= 0.6 is 0 Å². The molecule has 0 atom stereocenters. The fraction of sp³-hybridized carbons (Fsp3) is 0.529. The van der Waals surface area contributed by atoms with Gasteiger partial charge in [0.2, 0.25) is 0 Å². The van der Waals surface area contributed by atoms with E-state index in [0.717, 1.165) is 5.69 Å². The van der Waals surface area contributed by atoms with Crippen LogP contribution in [-0.4, -0.2) is 58.2 Å². The third-order valence-electron chi connectivity index (χ3n) is 4.37. The van der Waals surface area contributed by atoms with Crippen LogP contribution in [-0.2, 0) is 21.4 Å². The highest BCUT2D eigenvalue weighted by Crippen LogP contribution is 2.26. The number of hydrogen-bond acceptors (Lipinski definition) is 6. The summed E-state index contributed by atoms with van der Waals surface area (Å²) in [4.78, 5) is 39.8. The van der Waals surface area contributed by atoms with Crippen molar-refractivity contribution in [3.63, 3.8) is 0 Å². The van der Waals surface area contributed by atoms with Gasteiger partial charge in [-0.25, -0.2) is 4.68 Å². The molecular weight excluding hydrogens is 324 g/mol. The summed E-state index contributed by atoms with van der Waals surface area (Å²) in [5, 5.41) is 4.02. The molecule has 0 saturated carbocycles. The molecule has 0 aromatic carbocycles. The Labute approximate surface area is 145 Å². The van der Waals surface area contributed by atoms with Crippen molar-refractivity contribution in [2.45, 2.75) is 25.9 Å². The van der Waals surface area contributed by atoms with Crippen molar-refractivity contribution in [2.75, 3.05) is 31.1 Å². The largest absolute Gasteiger partial charge is 0.481 e. The predicted molar refractivity (Wildman–Crippen MR) is 91.1 cm³/mol. The fourth-order valence-electron chi connectivity index (χ4n) is 3.04. The highest BCUT2D eigenvalue weighted by atomic mass is 16.5. The average Bonchev–Trinajstić information content (AvgIpc) is 2.55. The van der Waals surface area contributed by atoms with Gasteiger partial charge in [-0.3, -0.25) is 14.4 Å². The number of anilines is 1. The molecule has 0 radical (unpaired) electrons. The van der Waals surface area contributed by atoms with Gasteiger partial charge in [0.25, 0.3) is 11.5 Å². The lowest BCUT2D eigenvalue weighted by Gasteiger charge is -2.37. The SMILES string of the molecule is Cn1ncc(N2CCN(C(=O)C3=CC(=O)CC(C)(C)O3)CC2)cc1=O. The molecule has 1 amide bonds. The molecule has 1 aromatic heterocycles. The molecule has 8 nitrogen and oxygen atoms in total. The Balaban J connectivity index is 1.66. The maximum absolute atomic E-state index is 12.6. The number of piperazine rings is 1. The van der Waals surface area contributed by atoms with Gasteiger partial charge >= 0.3 is 0 Å². The van der Waals surface area contributed by atoms with Gasteiger partial charge in [0, 0.05) is 51.8 Å². The number of carbonyl (C=O) groups excluding carboxylic acids is 2.